The van der Waals surface area contributed by atoms with Gasteiger partial charge < -0.3 is 10.2 Å². The Morgan fingerprint density at radius 1 is 0.967 bits per heavy atom. The van der Waals surface area contributed by atoms with E-state index >= 15 is 0 Å². The van der Waals surface area contributed by atoms with Crippen molar-refractivity contribution in [1.82, 2.24) is 15.1 Å². The SMILES string of the molecule is Cc1ccc(C(C)NC(=O)CN2CCN(C(=O)c3ccc(C)c(F)c3)CC2)cc1C. The largest absolute Gasteiger partial charge is 0.348 e. The summed E-state index contributed by atoms with van der Waals surface area (Å²) in [5, 5.41) is 3.06. The number of nitrogens with one attached hydrogen (secondary N) is 1. The summed E-state index contributed by atoms with van der Waals surface area (Å²) in [5.74, 6) is -0.559. The van der Waals surface area contributed by atoms with E-state index in [2.05, 4.69) is 31.3 Å². The van der Waals surface area contributed by atoms with Crippen LogP contribution in [0.3, 0.4) is 0 Å². The van der Waals surface area contributed by atoms with Gasteiger partial charge in [-0.25, -0.2) is 4.39 Å². The lowest BCUT2D eigenvalue weighted by Gasteiger charge is -2.34. The maximum atomic E-state index is 13.8. The summed E-state index contributed by atoms with van der Waals surface area (Å²) >= 11 is 0. The lowest BCUT2D eigenvalue weighted by molar-refractivity contribution is -0.123. The molecule has 3 rings (SSSR count). The molecule has 5 nitrogen and oxygen atoms in total. The zero-order valence-electron chi connectivity index (χ0n) is 18.2. The van der Waals surface area contributed by atoms with Gasteiger partial charge in [-0.05, 0) is 62.1 Å². The van der Waals surface area contributed by atoms with Gasteiger partial charge in [0.25, 0.3) is 5.91 Å². The Kier molecular flexibility index (Phi) is 6.87. The highest BCUT2D eigenvalue weighted by molar-refractivity contribution is 5.94. The second kappa shape index (κ2) is 9.39. The lowest BCUT2D eigenvalue weighted by atomic mass is 10.0. The number of halogens is 1. The number of piperazine rings is 1. The molecule has 30 heavy (non-hydrogen) atoms. The number of rotatable bonds is 5. The predicted octanol–water partition coefficient (Wildman–Crippen LogP) is 3.39. The summed E-state index contributed by atoms with van der Waals surface area (Å²) in [6.45, 7) is 10.4. The molecule has 1 aliphatic heterocycles. The Labute approximate surface area is 177 Å². The molecule has 0 saturated carbocycles. The summed E-state index contributed by atoms with van der Waals surface area (Å²) in [4.78, 5) is 28.8. The first kappa shape index (κ1) is 22.0. The van der Waals surface area contributed by atoms with E-state index in [1.807, 2.05) is 17.9 Å². The van der Waals surface area contributed by atoms with Crippen molar-refractivity contribution in [3.8, 4) is 0 Å². The molecule has 0 bridgehead atoms. The first-order valence-electron chi connectivity index (χ1n) is 10.4. The van der Waals surface area contributed by atoms with Crippen LogP contribution in [0.15, 0.2) is 36.4 Å². The summed E-state index contributed by atoms with van der Waals surface area (Å²) in [5.41, 5.74) is 4.43. The van der Waals surface area contributed by atoms with E-state index in [1.165, 1.54) is 17.2 Å². The molecule has 1 unspecified atom stereocenters. The van der Waals surface area contributed by atoms with Crippen molar-refractivity contribution in [2.45, 2.75) is 33.7 Å². The van der Waals surface area contributed by atoms with Crippen molar-refractivity contribution in [3.05, 3.63) is 70.0 Å². The van der Waals surface area contributed by atoms with E-state index in [1.54, 1.807) is 24.0 Å². The summed E-state index contributed by atoms with van der Waals surface area (Å²) in [6.07, 6.45) is 0. The zero-order valence-corrected chi connectivity index (χ0v) is 18.2. The van der Waals surface area contributed by atoms with Crippen LogP contribution in [0.1, 0.15) is 45.6 Å². The van der Waals surface area contributed by atoms with E-state index in [-0.39, 0.29) is 23.7 Å². The van der Waals surface area contributed by atoms with Crippen LogP contribution in [0.4, 0.5) is 4.39 Å². The van der Waals surface area contributed by atoms with Gasteiger partial charge in [-0.15, -0.1) is 0 Å². The molecule has 1 fully saturated rings. The van der Waals surface area contributed by atoms with Gasteiger partial charge in [-0.1, -0.05) is 24.3 Å². The van der Waals surface area contributed by atoms with Crippen LogP contribution in [0, 0.1) is 26.6 Å². The minimum atomic E-state index is -0.367. The molecular formula is C24H30FN3O2. The molecule has 6 heteroatoms. The van der Waals surface area contributed by atoms with Crippen LogP contribution in [-0.2, 0) is 4.79 Å². The Morgan fingerprint density at radius 2 is 1.63 bits per heavy atom. The standard InChI is InChI=1S/C24H30FN3O2/c1-16-5-7-20(13-18(16)3)19(4)26-23(29)15-27-9-11-28(12-10-27)24(30)21-8-6-17(2)22(25)14-21/h5-8,13-14,19H,9-12,15H2,1-4H3,(H,26,29). The fourth-order valence-corrected chi connectivity index (χ4v) is 3.63. The van der Waals surface area contributed by atoms with Gasteiger partial charge in [-0.3, -0.25) is 14.5 Å². The first-order valence-corrected chi connectivity index (χ1v) is 10.4. The average Bonchev–Trinajstić information content (AvgIpc) is 2.72. The number of carbonyl (C=O) groups is 2. The lowest BCUT2D eigenvalue weighted by Crippen LogP contribution is -2.51. The van der Waals surface area contributed by atoms with E-state index in [4.69, 9.17) is 0 Å². The van der Waals surface area contributed by atoms with Crippen LogP contribution < -0.4 is 5.32 Å². The summed E-state index contributed by atoms with van der Waals surface area (Å²) < 4.78 is 13.8. The number of benzene rings is 2. The quantitative estimate of drug-likeness (QED) is 0.821. The van der Waals surface area contributed by atoms with E-state index < -0.39 is 0 Å². The van der Waals surface area contributed by atoms with E-state index in [9.17, 15) is 14.0 Å². The monoisotopic (exact) mass is 411 g/mol. The zero-order chi connectivity index (χ0) is 21.8. The minimum Gasteiger partial charge on any atom is -0.348 e. The smallest absolute Gasteiger partial charge is 0.254 e. The second-order valence-corrected chi connectivity index (χ2v) is 8.17. The maximum absolute atomic E-state index is 13.8. The Balaban J connectivity index is 1.49. The van der Waals surface area contributed by atoms with E-state index in [0.717, 1.165) is 5.56 Å². The molecule has 160 valence electrons. The van der Waals surface area contributed by atoms with Gasteiger partial charge in [0, 0.05) is 31.7 Å². The molecule has 1 atom stereocenters. The van der Waals surface area contributed by atoms with Crippen molar-refractivity contribution >= 4 is 11.8 Å². The molecule has 0 spiro atoms. The number of hydrogen-bond donors (Lipinski definition) is 1. The average molecular weight is 412 g/mol. The van der Waals surface area contributed by atoms with Crippen molar-refractivity contribution in [2.75, 3.05) is 32.7 Å². The fraction of sp³-hybridized carbons (Fsp3) is 0.417. The highest BCUT2D eigenvalue weighted by Crippen LogP contribution is 2.17. The number of hydrogen-bond acceptors (Lipinski definition) is 3. The molecule has 2 amide bonds. The summed E-state index contributed by atoms with van der Waals surface area (Å²) in [6, 6.07) is 10.8. The highest BCUT2D eigenvalue weighted by atomic mass is 19.1. The Hall–Kier alpha value is -2.73. The Bertz CT molecular complexity index is 936. The van der Waals surface area contributed by atoms with Gasteiger partial charge in [0.05, 0.1) is 12.6 Å². The molecule has 0 radical (unpaired) electrons. The summed E-state index contributed by atoms with van der Waals surface area (Å²) in [7, 11) is 0. The third-order valence-corrected chi connectivity index (χ3v) is 5.85. The number of aryl methyl sites for hydroxylation is 3. The second-order valence-electron chi connectivity index (χ2n) is 8.17. The maximum Gasteiger partial charge on any atom is 0.254 e. The molecule has 2 aromatic rings. The van der Waals surface area contributed by atoms with Crippen molar-refractivity contribution < 1.29 is 14.0 Å². The van der Waals surface area contributed by atoms with Crippen LogP contribution >= 0.6 is 0 Å². The molecule has 1 heterocycles. The normalized spacial score (nSPS) is 15.7. The third-order valence-electron chi connectivity index (χ3n) is 5.85. The van der Waals surface area contributed by atoms with Crippen LogP contribution in [-0.4, -0.2) is 54.3 Å². The number of carbonyl (C=O) groups excluding carboxylic acids is 2. The van der Waals surface area contributed by atoms with Crippen molar-refractivity contribution in [2.24, 2.45) is 0 Å². The van der Waals surface area contributed by atoms with E-state index in [0.29, 0.717) is 43.9 Å². The van der Waals surface area contributed by atoms with Gasteiger partial charge in [0.2, 0.25) is 5.91 Å². The number of nitrogens with zero attached hydrogens (tertiary/aromatic N) is 2. The Morgan fingerprint density at radius 3 is 2.27 bits per heavy atom. The number of amides is 2. The van der Waals surface area contributed by atoms with Gasteiger partial charge in [0.15, 0.2) is 0 Å². The van der Waals surface area contributed by atoms with Crippen molar-refractivity contribution in [3.63, 3.8) is 0 Å². The van der Waals surface area contributed by atoms with Crippen LogP contribution in [0.2, 0.25) is 0 Å². The van der Waals surface area contributed by atoms with Gasteiger partial charge in [0.1, 0.15) is 5.82 Å². The molecular weight excluding hydrogens is 381 g/mol. The highest BCUT2D eigenvalue weighted by Gasteiger charge is 2.24. The van der Waals surface area contributed by atoms with Crippen LogP contribution in [0.25, 0.3) is 0 Å². The molecule has 1 saturated heterocycles. The first-order chi connectivity index (χ1) is 14.2. The molecule has 0 aromatic heterocycles. The molecule has 1 aliphatic rings. The van der Waals surface area contributed by atoms with Gasteiger partial charge in [-0.2, -0.15) is 0 Å². The molecule has 1 N–H and O–H groups in total. The minimum absolute atomic E-state index is 0.0267. The topological polar surface area (TPSA) is 52.7 Å². The fourth-order valence-electron chi connectivity index (χ4n) is 3.63. The van der Waals surface area contributed by atoms with Gasteiger partial charge >= 0.3 is 0 Å². The predicted molar refractivity (Wildman–Crippen MR) is 116 cm³/mol. The molecule has 0 aliphatic carbocycles. The third kappa shape index (κ3) is 5.25. The molecule has 2 aromatic carbocycles. The van der Waals surface area contributed by atoms with Crippen molar-refractivity contribution in [1.29, 1.82) is 0 Å². The van der Waals surface area contributed by atoms with Crippen LogP contribution in [0.5, 0.6) is 0 Å².